The van der Waals surface area contributed by atoms with E-state index in [0.717, 1.165) is 25.7 Å². The van der Waals surface area contributed by atoms with Crippen molar-refractivity contribution in [3.05, 3.63) is 0 Å². The standard InChI is InChI=1S/C12H24N2O3/c1-3-7-10(12(16)17-4-2)14-9-6-5-8-11(13)15/h10,14H,3-9H2,1-2H3,(H2,13,15). The van der Waals surface area contributed by atoms with Crippen molar-refractivity contribution < 1.29 is 14.3 Å². The maximum atomic E-state index is 11.5. The molecule has 3 N–H and O–H groups in total. The topological polar surface area (TPSA) is 81.4 Å². The van der Waals surface area contributed by atoms with Gasteiger partial charge in [0.1, 0.15) is 6.04 Å². The van der Waals surface area contributed by atoms with Crippen LogP contribution in [0.5, 0.6) is 0 Å². The number of unbranched alkanes of at least 4 members (excludes halogenated alkanes) is 1. The van der Waals surface area contributed by atoms with E-state index in [0.29, 0.717) is 19.6 Å². The number of rotatable bonds is 10. The Bertz CT molecular complexity index is 232. The highest BCUT2D eigenvalue weighted by molar-refractivity contribution is 5.75. The first-order chi connectivity index (χ1) is 8.11. The molecule has 17 heavy (non-hydrogen) atoms. The van der Waals surface area contributed by atoms with Gasteiger partial charge in [0, 0.05) is 6.42 Å². The zero-order valence-corrected chi connectivity index (χ0v) is 10.8. The van der Waals surface area contributed by atoms with Crippen molar-refractivity contribution in [3.8, 4) is 0 Å². The van der Waals surface area contributed by atoms with Gasteiger partial charge in [0.05, 0.1) is 6.61 Å². The summed E-state index contributed by atoms with van der Waals surface area (Å²) in [5.41, 5.74) is 5.04. The Kier molecular flexibility index (Phi) is 9.43. The smallest absolute Gasteiger partial charge is 0.323 e. The molecule has 1 atom stereocenters. The fourth-order valence-corrected chi connectivity index (χ4v) is 1.54. The summed E-state index contributed by atoms with van der Waals surface area (Å²) in [6.07, 6.45) is 3.69. The van der Waals surface area contributed by atoms with Crippen LogP contribution in [-0.4, -0.2) is 31.1 Å². The second-order valence-corrected chi connectivity index (χ2v) is 3.97. The number of ether oxygens (including phenoxy) is 1. The number of nitrogens with one attached hydrogen (secondary N) is 1. The Morgan fingerprint density at radius 1 is 1.29 bits per heavy atom. The minimum absolute atomic E-state index is 0.191. The summed E-state index contributed by atoms with van der Waals surface area (Å²) < 4.78 is 4.98. The van der Waals surface area contributed by atoms with Crippen LogP contribution >= 0.6 is 0 Å². The molecule has 0 heterocycles. The van der Waals surface area contributed by atoms with Gasteiger partial charge in [-0.1, -0.05) is 13.3 Å². The van der Waals surface area contributed by atoms with E-state index < -0.39 is 0 Å². The Morgan fingerprint density at radius 2 is 2.00 bits per heavy atom. The van der Waals surface area contributed by atoms with Crippen LogP contribution in [0.2, 0.25) is 0 Å². The normalized spacial score (nSPS) is 12.1. The number of esters is 1. The molecule has 0 aromatic rings. The van der Waals surface area contributed by atoms with Crippen molar-refractivity contribution in [1.29, 1.82) is 0 Å². The summed E-state index contributed by atoms with van der Waals surface area (Å²) in [5.74, 6) is -0.468. The zero-order chi connectivity index (χ0) is 13.1. The third-order valence-electron chi connectivity index (χ3n) is 2.39. The predicted molar refractivity (Wildman–Crippen MR) is 66.4 cm³/mol. The van der Waals surface area contributed by atoms with E-state index in [1.165, 1.54) is 0 Å². The fourth-order valence-electron chi connectivity index (χ4n) is 1.54. The van der Waals surface area contributed by atoms with Crippen LogP contribution in [0.1, 0.15) is 46.0 Å². The van der Waals surface area contributed by atoms with Crippen LogP contribution in [0, 0.1) is 0 Å². The molecule has 5 nitrogen and oxygen atoms in total. The van der Waals surface area contributed by atoms with E-state index in [1.807, 2.05) is 6.92 Å². The molecule has 0 aliphatic rings. The summed E-state index contributed by atoms with van der Waals surface area (Å²) in [6, 6.07) is -0.228. The predicted octanol–water partition coefficient (Wildman–Crippen LogP) is 0.963. The lowest BCUT2D eigenvalue weighted by molar-refractivity contribution is -0.145. The lowest BCUT2D eigenvalue weighted by Gasteiger charge is -2.16. The largest absolute Gasteiger partial charge is 0.465 e. The second-order valence-electron chi connectivity index (χ2n) is 3.97. The van der Waals surface area contributed by atoms with Crippen LogP contribution in [-0.2, 0) is 14.3 Å². The zero-order valence-electron chi connectivity index (χ0n) is 10.8. The maximum Gasteiger partial charge on any atom is 0.323 e. The highest BCUT2D eigenvalue weighted by Gasteiger charge is 2.17. The number of primary amides is 1. The quantitative estimate of drug-likeness (QED) is 0.443. The highest BCUT2D eigenvalue weighted by atomic mass is 16.5. The molecule has 1 amide bonds. The van der Waals surface area contributed by atoms with Gasteiger partial charge in [-0.05, 0) is 32.7 Å². The van der Waals surface area contributed by atoms with Crippen LogP contribution in [0.25, 0.3) is 0 Å². The van der Waals surface area contributed by atoms with E-state index in [9.17, 15) is 9.59 Å². The minimum atomic E-state index is -0.277. The Balaban J connectivity index is 3.76. The summed E-state index contributed by atoms with van der Waals surface area (Å²) in [5, 5.41) is 3.15. The van der Waals surface area contributed by atoms with Gasteiger partial charge in [0.2, 0.25) is 5.91 Å². The third-order valence-corrected chi connectivity index (χ3v) is 2.39. The molecule has 0 spiro atoms. The molecule has 100 valence electrons. The summed E-state index contributed by atoms with van der Waals surface area (Å²) in [4.78, 5) is 22.1. The van der Waals surface area contributed by atoms with Gasteiger partial charge in [-0.25, -0.2) is 0 Å². The van der Waals surface area contributed by atoms with Crippen LogP contribution in [0.15, 0.2) is 0 Å². The molecular formula is C12H24N2O3. The fraction of sp³-hybridized carbons (Fsp3) is 0.833. The number of nitrogens with two attached hydrogens (primary N) is 1. The van der Waals surface area contributed by atoms with Crippen molar-refractivity contribution in [2.24, 2.45) is 5.73 Å². The Morgan fingerprint density at radius 3 is 2.53 bits per heavy atom. The first kappa shape index (κ1) is 15.9. The van der Waals surface area contributed by atoms with E-state index in [4.69, 9.17) is 10.5 Å². The van der Waals surface area contributed by atoms with Gasteiger partial charge in [-0.15, -0.1) is 0 Å². The van der Waals surface area contributed by atoms with Gasteiger partial charge >= 0.3 is 5.97 Å². The number of carbonyl (C=O) groups is 2. The second kappa shape index (κ2) is 10.1. The Labute approximate surface area is 103 Å². The number of amides is 1. The van der Waals surface area contributed by atoms with Crippen molar-refractivity contribution in [2.75, 3.05) is 13.2 Å². The molecular weight excluding hydrogens is 220 g/mol. The summed E-state index contributed by atoms with van der Waals surface area (Å²) in [6.45, 7) is 4.94. The van der Waals surface area contributed by atoms with E-state index in [1.54, 1.807) is 6.92 Å². The molecule has 0 aliphatic carbocycles. The monoisotopic (exact) mass is 244 g/mol. The molecule has 0 radical (unpaired) electrons. The van der Waals surface area contributed by atoms with Gasteiger partial charge in [0.15, 0.2) is 0 Å². The third kappa shape index (κ3) is 8.68. The van der Waals surface area contributed by atoms with E-state index in [-0.39, 0.29) is 17.9 Å². The molecule has 0 aromatic carbocycles. The number of hydrogen-bond donors (Lipinski definition) is 2. The molecule has 0 aromatic heterocycles. The van der Waals surface area contributed by atoms with Crippen molar-refractivity contribution in [2.45, 2.75) is 52.0 Å². The number of hydrogen-bond acceptors (Lipinski definition) is 4. The Hall–Kier alpha value is -1.10. The van der Waals surface area contributed by atoms with E-state index >= 15 is 0 Å². The van der Waals surface area contributed by atoms with Crippen molar-refractivity contribution >= 4 is 11.9 Å². The van der Waals surface area contributed by atoms with Crippen molar-refractivity contribution in [1.82, 2.24) is 5.32 Å². The van der Waals surface area contributed by atoms with Gasteiger partial charge in [-0.3, -0.25) is 9.59 Å². The summed E-state index contributed by atoms with van der Waals surface area (Å²) in [7, 11) is 0. The highest BCUT2D eigenvalue weighted by Crippen LogP contribution is 2.01. The van der Waals surface area contributed by atoms with Crippen LogP contribution < -0.4 is 11.1 Å². The molecule has 0 aliphatic heterocycles. The minimum Gasteiger partial charge on any atom is -0.465 e. The lowest BCUT2D eigenvalue weighted by Crippen LogP contribution is -2.38. The SMILES string of the molecule is CCCC(NCCCCC(N)=O)C(=O)OCC. The first-order valence-electron chi connectivity index (χ1n) is 6.30. The first-order valence-corrected chi connectivity index (χ1v) is 6.30. The van der Waals surface area contributed by atoms with Gasteiger partial charge in [-0.2, -0.15) is 0 Å². The molecule has 0 saturated heterocycles. The maximum absolute atomic E-state index is 11.5. The van der Waals surface area contributed by atoms with E-state index in [2.05, 4.69) is 5.32 Å². The van der Waals surface area contributed by atoms with Crippen molar-refractivity contribution in [3.63, 3.8) is 0 Å². The molecule has 1 unspecified atom stereocenters. The molecule has 0 saturated carbocycles. The lowest BCUT2D eigenvalue weighted by atomic mass is 10.1. The average Bonchev–Trinajstić information content (AvgIpc) is 2.27. The van der Waals surface area contributed by atoms with Gasteiger partial charge in [0.25, 0.3) is 0 Å². The average molecular weight is 244 g/mol. The number of carbonyl (C=O) groups excluding carboxylic acids is 2. The van der Waals surface area contributed by atoms with Gasteiger partial charge < -0.3 is 15.8 Å². The summed E-state index contributed by atoms with van der Waals surface area (Å²) >= 11 is 0. The molecule has 5 heteroatoms. The van der Waals surface area contributed by atoms with Crippen LogP contribution in [0.3, 0.4) is 0 Å². The molecule has 0 rings (SSSR count). The van der Waals surface area contributed by atoms with Crippen LogP contribution in [0.4, 0.5) is 0 Å². The molecule has 0 bridgehead atoms. The molecule has 0 fully saturated rings.